The normalized spacial score (nSPS) is 13.0. The number of ether oxygens (including phenoxy) is 4. The molecule has 9 nitrogen and oxygen atoms in total. The summed E-state index contributed by atoms with van der Waals surface area (Å²) >= 11 is 2.14. The third-order valence-electron chi connectivity index (χ3n) is 4.86. The van der Waals surface area contributed by atoms with Gasteiger partial charge in [-0.3, -0.25) is 9.59 Å². The molecule has 0 saturated carbocycles. The maximum absolute atomic E-state index is 12.8. The van der Waals surface area contributed by atoms with Crippen LogP contribution in [0.1, 0.15) is 29.8 Å². The van der Waals surface area contributed by atoms with E-state index in [1.807, 2.05) is 19.9 Å². The number of benzene rings is 2. The van der Waals surface area contributed by atoms with Gasteiger partial charge in [0.1, 0.15) is 12.6 Å². The molecule has 0 spiro atoms. The fourth-order valence-corrected chi connectivity index (χ4v) is 3.92. The fourth-order valence-electron chi connectivity index (χ4n) is 3.13. The summed E-state index contributed by atoms with van der Waals surface area (Å²) in [4.78, 5) is 25.5. The summed E-state index contributed by atoms with van der Waals surface area (Å²) in [5.74, 6) is 1.21. The number of nitrogens with one attached hydrogen (secondary N) is 2. The first-order valence-corrected chi connectivity index (χ1v) is 11.6. The van der Waals surface area contributed by atoms with Gasteiger partial charge in [-0.25, -0.2) is 5.43 Å². The van der Waals surface area contributed by atoms with Gasteiger partial charge in [0.15, 0.2) is 23.0 Å². The zero-order valence-electron chi connectivity index (χ0n) is 19.1. The van der Waals surface area contributed by atoms with Crippen LogP contribution in [0.2, 0.25) is 0 Å². The van der Waals surface area contributed by atoms with Crippen molar-refractivity contribution in [2.24, 2.45) is 11.0 Å². The van der Waals surface area contributed by atoms with Gasteiger partial charge >= 0.3 is 0 Å². The molecular weight excluding hydrogens is 553 g/mol. The number of nitrogens with zero attached hydrogens (tertiary/aromatic N) is 1. The standard InChI is InChI=1S/C24H26IN3O6/c1-5-8-32-22-17(25)9-15(10-20(22)31-4)12-26-28-24(30)21(14(2)3)27-23(29)16-6-7-18-19(11-16)34-13-33-18/h5-7,9-12,14,21H,1,8,13H2,2-4H3,(H,27,29)(H,28,30)/b26-12+. The number of hydrogen-bond donors (Lipinski definition) is 2. The van der Waals surface area contributed by atoms with Crippen LogP contribution in [0.4, 0.5) is 0 Å². The van der Waals surface area contributed by atoms with Gasteiger partial charge in [-0.2, -0.15) is 5.10 Å². The lowest BCUT2D eigenvalue weighted by Crippen LogP contribution is -2.48. The van der Waals surface area contributed by atoms with Crippen LogP contribution < -0.4 is 29.7 Å². The minimum absolute atomic E-state index is 0.116. The minimum Gasteiger partial charge on any atom is -0.493 e. The second-order valence-electron chi connectivity index (χ2n) is 7.63. The molecule has 0 aromatic heterocycles. The summed E-state index contributed by atoms with van der Waals surface area (Å²) in [5.41, 5.74) is 3.57. The molecule has 1 aliphatic rings. The molecule has 0 saturated heterocycles. The topological polar surface area (TPSA) is 107 Å². The Hall–Kier alpha value is -3.28. The van der Waals surface area contributed by atoms with Crippen LogP contribution in [0.25, 0.3) is 0 Å². The molecule has 1 aliphatic heterocycles. The number of hydrogen-bond acceptors (Lipinski definition) is 7. The highest BCUT2D eigenvalue weighted by atomic mass is 127. The van der Waals surface area contributed by atoms with Crippen molar-refractivity contribution in [3.63, 3.8) is 0 Å². The van der Waals surface area contributed by atoms with Crippen LogP contribution in [0.3, 0.4) is 0 Å². The van der Waals surface area contributed by atoms with Crippen molar-refractivity contribution in [1.29, 1.82) is 0 Å². The van der Waals surface area contributed by atoms with Gasteiger partial charge in [0.2, 0.25) is 6.79 Å². The zero-order chi connectivity index (χ0) is 24.7. The number of carbonyl (C=O) groups is 2. The third-order valence-corrected chi connectivity index (χ3v) is 5.66. The van der Waals surface area contributed by atoms with E-state index in [0.29, 0.717) is 40.7 Å². The van der Waals surface area contributed by atoms with Gasteiger partial charge in [0.05, 0.1) is 16.9 Å². The number of hydrazone groups is 1. The number of rotatable bonds is 10. The molecular formula is C24H26IN3O6. The van der Waals surface area contributed by atoms with Gasteiger partial charge in [0, 0.05) is 5.56 Å². The summed E-state index contributed by atoms with van der Waals surface area (Å²) in [6, 6.07) is 7.67. The number of amides is 2. The Morgan fingerprint density at radius 2 is 2.00 bits per heavy atom. The quantitative estimate of drug-likeness (QED) is 0.193. The molecule has 3 rings (SSSR count). The summed E-state index contributed by atoms with van der Waals surface area (Å²) in [5, 5.41) is 6.81. The maximum atomic E-state index is 12.8. The van der Waals surface area contributed by atoms with Crippen LogP contribution in [0, 0.1) is 9.49 Å². The predicted octanol–water partition coefficient (Wildman–Crippen LogP) is 3.50. The van der Waals surface area contributed by atoms with Gasteiger partial charge < -0.3 is 24.3 Å². The first-order chi connectivity index (χ1) is 16.3. The van der Waals surface area contributed by atoms with Crippen LogP contribution in [-0.2, 0) is 4.79 Å². The summed E-state index contributed by atoms with van der Waals surface area (Å²) in [6.07, 6.45) is 3.15. The van der Waals surface area contributed by atoms with Crippen molar-refractivity contribution in [1.82, 2.24) is 10.7 Å². The fraction of sp³-hybridized carbons (Fsp3) is 0.292. The average molecular weight is 579 g/mol. The second kappa shape index (κ2) is 11.7. The van der Waals surface area contributed by atoms with E-state index in [4.69, 9.17) is 18.9 Å². The third kappa shape index (κ3) is 6.19. The molecule has 2 aromatic carbocycles. The van der Waals surface area contributed by atoms with Crippen molar-refractivity contribution >= 4 is 40.6 Å². The van der Waals surface area contributed by atoms with Crippen molar-refractivity contribution in [2.45, 2.75) is 19.9 Å². The molecule has 0 aliphatic carbocycles. The lowest BCUT2D eigenvalue weighted by molar-refractivity contribution is -0.123. The Morgan fingerprint density at radius 3 is 2.71 bits per heavy atom. The molecule has 180 valence electrons. The van der Waals surface area contributed by atoms with Crippen molar-refractivity contribution < 1.29 is 28.5 Å². The summed E-state index contributed by atoms with van der Waals surface area (Å²) in [7, 11) is 1.55. The largest absolute Gasteiger partial charge is 0.493 e. The second-order valence-corrected chi connectivity index (χ2v) is 8.79. The lowest BCUT2D eigenvalue weighted by atomic mass is 10.0. The van der Waals surface area contributed by atoms with Crippen LogP contribution in [0.15, 0.2) is 48.1 Å². The van der Waals surface area contributed by atoms with E-state index in [9.17, 15) is 9.59 Å². The van der Waals surface area contributed by atoms with Crippen molar-refractivity contribution in [3.05, 3.63) is 57.7 Å². The number of fused-ring (bicyclic) bond motifs is 1. The average Bonchev–Trinajstić information content (AvgIpc) is 3.29. The van der Waals surface area contributed by atoms with Crippen molar-refractivity contribution in [2.75, 3.05) is 20.5 Å². The van der Waals surface area contributed by atoms with Crippen LogP contribution in [0.5, 0.6) is 23.0 Å². The van der Waals surface area contributed by atoms with Crippen LogP contribution in [-0.4, -0.2) is 44.6 Å². The Balaban J connectivity index is 1.66. The molecule has 34 heavy (non-hydrogen) atoms. The first kappa shape index (κ1) is 25.3. The smallest absolute Gasteiger partial charge is 0.262 e. The number of halogens is 1. The zero-order valence-corrected chi connectivity index (χ0v) is 21.2. The highest BCUT2D eigenvalue weighted by Gasteiger charge is 2.25. The summed E-state index contributed by atoms with van der Waals surface area (Å²) < 4.78 is 22.4. The highest BCUT2D eigenvalue weighted by molar-refractivity contribution is 14.1. The Kier molecular flexibility index (Phi) is 8.74. The summed E-state index contributed by atoms with van der Waals surface area (Å²) in [6.45, 7) is 7.78. The molecule has 0 fully saturated rings. The lowest BCUT2D eigenvalue weighted by Gasteiger charge is -2.20. The molecule has 0 bridgehead atoms. The van der Waals surface area contributed by atoms with Crippen LogP contribution >= 0.6 is 22.6 Å². The maximum Gasteiger partial charge on any atom is 0.262 e. The Labute approximate surface area is 211 Å². The van der Waals surface area contributed by atoms with E-state index >= 15 is 0 Å². The number of methoxy groups -OCH3 is 1. The molecule has 1 heterocycles. The Morgan fingerprint density at radius 1 is 1.24 bits per heavy atom. The van der Waals surface area contributed by atoms with E-state index in [1.165, 1.54) is 6.21 Å². The first-order valence-electron chi connectivity index (χ1n) is 10.5. The van der Waals surface area contributed by atoms with E-state index in [-0.39, 0.29) is 12.7 Å². The minimum atomic E-state index is -0.792. The van der Waals surface area contributed by atoms with E-state index in [2.05, 4.69) is 45.0 Å². The Bertz CT molecular complexity index is 1100. The molecule has 0 radical (unpaired) electrons. The molecule has 10 heteroatoms. The highest BCUT2D eigenvalue weighted by Crippen LogP contribution is 2.34. The molecule has 2 amide bonds. The molecule has 1 unspecified atom stereocenters. The predicted molar refractivity (Wildman–Crippen MR) is 136 cm³/mol. The molecule has 2 N–H and O–H groups in total. The van der Waals surface area contributed by atoms with E-state index in [1.54, 1.807) is 37.5 Å². The van der Waals surface area contributed by atoms with Gasteiger partial charge in [0.25, 0.3) is 11.8 Å². The van der Waals surface area contributed by atoms with E-state index < -0.39 is 17.9 Å². The van der Waals surface area contributed by atoms with Gasteiger partial charge in [-0.1, -0.05) is 26.5 Å². The monoisotopic (exact) mass is 579 g/mol. The van der Waals surface area contributed by atoms with Crippen molar-refractivity contribution in [3.8, 4) is 23.0 Å². The van der Waals surface area contributed by atoms with Gasteiger partial charge in [-0.05, 0) is 64.4 Å². The molecule has 2 aromatic rings. The number of carbonyl (C=O) groups excluding carboxylic acids is 2. The van der Waals surface area contributed by atoms with Gasteiger partial charge in [-0.15, -0.1) is 0 Å². The van der Waals surface area contributed by atoms with E-state index in [0.717, 1.165) is 3.57 Å². The molecule has 1 atom stereocenters. The SMILES string of the molecule is C=CCOc1c(I)cc(/C=N/NC(=O)C(NC(=O)c2ccc3c(c2)OCO3)C(C)C)cc1OC.